The summed E-state index contributed by atoms with van der Waals surface area (Å²) >= 11 is 3.46. The molecule has 0 spiro atoms. The lowest BCUT2D eigenvalue weighted by atomic mass is 10.1. The number of benzene rings is 2. The Bertz CT molecular complexity index is 1610. The maximum Gasteiger partial charge on any atom is 0.250 e. The van der Waals surface area contributed by atoms with E-state index in [-0.39, 0.29) is 11.6 Å². The predicted octanol–water partition coefficient (Wildman–Crippen LogP) is 5.41. The van der Waals surface area contributed by atoms with Crippen LogP contribution in [-0.2, 0) is 14.2 Å². The number of aryl methyl sites for hydroxylation is 1. The number of rotatable bonds is 10. The SMILES string of the molecule is COCCOCC(Nc1ccc2c(c1)Sc1cccc(-c3cc(N4CCOCC4)cc(=O)[nH]3)c1S2)c1nccc(C)n1. The van der Waals surface area contributed by atoms with E-state index in [0.717, 1.165) is 61.0 Å². The quantitative estimate of drug-likeness (QED) is 0.202. The number of anilines is 2. The first kappa shape index (κ1) is 28.8. The Balaban J connectivity index is 1.24. The number of morpholine rings is 1. The fourth-order valence-corrected chi connectivity index (χ4v) is 7.36. The Morgan fingerprint density at radius 1 is 1.05 bits per heavy atom. The maximum atomic E-state index is 12.7. The number of methoxy groups -OCH3 is 1. The van der Waals surface area contributed by atoms with Crippen LogP contribution < -0.4 is 15.8 Å². The topological polar surface area (TPSA) is 102 Å². The van der Waals surface area contributed by atoms with Crippen molar-refractivity contribution < 1.29 is 14.2 Å². The van der Waals surface area contributed by atoms with Gasteiger partial charge in [-0.3, -0.25) is 4.79 Å². The van der Waals surface area contributed by atoms with Crippen molar-refractivity contribution in [1.29, 1.82) is 0 Å². The summed E-state index contributed by atoms with van der Waals surface area (Å²) in [5.74, 6) is 0.690. The summed E-state index contributed by atoms with van der Waals surface area (Å²) in [5, 5.41) is 3.59. The largest absolute Gasteiger partial charge is 0.382 e. The minimum absolute atomic E-state index is 0.102. The normalized spacial score (nSPS) is 15.1. The Hall–Kier alpha value is -3.35. The molecule has 2 aromatic heterocycles. The number of fused-ring (bicyclic) bond motifs is 2. The number of aromatic nitrogens is 3. The van der Waals surface area contributed by atoms with Crippen molar-refractivity contribution in [1.82, 2.24) is 15.0 Å². The molecule has 42 heavy (non-hydrogen) atoms. The van der Waals surface area contributed by atoms with Crippen molar-refractivity contribution in [3.05, 3.63) is 82.7 Å². The molecule has 4 aromatic rings. The summed E-state index contributed by atoms with van der Waals surface area (Å²) in [4.78, 5) is 31.7. The van der Waals surface area contributed by atoms with E-state index in [4.69, 9.17) is 14.2 Å². The first-order chi connectivity index (χ1) is 20.6. The lowest BCUT2D eigenvalue weighted by Gasteiger charge is -2.29. The van der Waals surface area contributed by atoms with Gasteiger partial charge in [-0.2, -0.15) is 0 Å². The zero-order valence-electron chi connectivity index (χ0n) is 23.6. The van der Waals surface area contributed by atoms with Gasteiger partial charge in [0, 0.05) is 74.7 Å². The number of nitrogens with one attached hydrogen (secondary N) is 2. The number of hydrogen-bond donors (Lipinski definition) is 2. The Kier molecular flexibility index (Phi) is 9.11. The second-order valence-electron chi connectivity index (χ2n) is 10.0. The predicted molar refractivity (Wildman–Crippen MR) is 166 cm³/mol. The zero-order chi connectivity index (χ0) is 28.9. The van der Waals surface area contributed by atoms with Crippen LogP contribution in [0.3, 0.4) is 0 Å². The lowest BCUT2D eigenvalue weighted by molar-refractivity contribution is 0.0649. The molecule has 4 heterocycles. The van der Waals surface area contributed by atoms with Crippen LogP contribution in [-0.4, -0.2) is 68.2 Å². The fraction of sp³-hybridized carbons (Fsp3) is 0.323. The summed E-state index contributed by atoms with van der Waals surface area (Å²) in [6.45, 7) is 6.30. The third kappa shape index (κ3) is 6.66. The van der Waals surface area contributed by atoms with Crippen molar-refractivity contribution in [2.24, 2.45) is 0 Å². The highest BCUT2D eigenvalue weighted by atomic mass is 32.2. The standard InChI is InChI=1S/C31H33N5O4S2/c1-20-8-9-32-31(33-20)25(19-40-15-14-38-2)34-21-6-7-26-28(16-21)41-27-5-3-4-23(30(27)42-26)24-17-22(18-29(37)35-24)36-10-12-39-13-11-36/h3-9,16-18,25,34H,10-15,19H2,1-2H3,(H,35,37). The van der Waals surface area contributed by atoms with Crippen LogP contribution >= 0.6 is 23.5 Å². The molecule has 0 radical (unpaired) electrons. The molecule has 0 bridgehead atoms. The average molecular weight is 604 g/mol. The van der Waals surface area contributed by atoms with E-state index in [1.165, 1.54) is 0 Å². The third-order valence-electron chi connectivity index (χ3n) is 7.03. The highest BCUT2D eigenvalue weighted by Gasteiger charge is 2.23. The van der Waals surface area contributed by atoms with Gasteiger partial charge in [0.25, 0.3) is 0 Å². The van der Waals surface area contributed by atoms with Gasteiger partial charge in [-0.15, -0.1) is 0 Å². The maximum absolute atomic E-state index is 12.7. The van der Waals surface area contributed by atoms with E-state index in [9.17, 15) is 4.79 Å². The van der Waals surface area contributed by atoms with Crippen LogP contribution in [0.5, 0.6) is 0 Å². The van der Waals surface area contributed by atoms with E-state index in [2.05, 4.69) is 67.6 Å². The molecule has 1 atom stereocenters. The molecule has 0 amide bonds. The van der Waals surface area contributed by atoms with Crippen LogP contribution in [0.25, 0.3) is 11.3 Å². The van der Waals surface area contributed by atoms with Crippen molar-refractivity contribution in [2.75, 3.05) is 63.5 Å². The van der Waals surface area contributed by atoms with Crippen molar-refractivity contribution in [3.8, 4) is 11.3 Å². The average Bonchev–Trinajstić information content (AvgIpc) is 3.01. The molecule has 1 fully saturated rings. The minimum atomic E-state index is -0.212. The van der Waals surface area contributed by atoms with Crippen molar-refractivity contribution in [3.63, 3.8) is 0 Å². The fourth-order valence-electron chi connectivity index (χ4n) is 4.94. The molecule has 1 unspecified atom stereocenters. The Morgan fingerprint density at radius 2 is 1.93 bits per heavy atom. The molecule has 9 nitrogen and oxygen atoms in total. The molecule has 6 rings (SSSR count). The van der Waals surface area contributed by atoms with Gasteiger partial charge < -0.3 is 29.4 Å². The summed E-state index contributed by atoms with van der Waals surface area (Å²) in [6, 6.07) is 18.1. The second kappa shape index (κ2) is 13.3. The summed E-state index contributed by atoms with van der Waals surface area (Å²) in [5.41, 5.74) is 4.55. The number of nitrogens with zero attached hydrogens (tertiary/aromatic N) is 3. The van der Waals surface area contributed by atoms with Gasteiger partial charge in [0.2, 0.25) is 5.56 Å². The van der Waals surface area contributed by atoms with Gasteiger partial charge in [-0.1, -0.05) is 35.7 Å². The molecular formula is C31H33N5O4S2. The summed E-state index contributed by atoms with van der Waals surface area (Å²) < 4.78 is 16.5. The molecule has 11 heteroatoms. The molecule has 0 saturated carbocycles. The van der Waals surface area contributed by atoms with Gasteiger partial charge in [0.1, 0.15) is 6.04 Å². The molecule has 2 aliphatic rings. The van der Waals surface area contributed by atoms with E-state index in [0.29, 0.717) is 38.9 Å². The molecule has 0 aliphatic carbocycles. The number of pyridine rings is 1. The van der Waals surface area contributed by atoms with Crippen LogP contribution in [0.2, 0.25) is 0 Å². The van der Waals surface area contributed by atoms with Crippen LogP contribution in [0.15, 0.2) is 85.2 Å². The highest BCUT2D eigenvalue weighted by Crippen LogP contribution is 2.52. The van der Waals surface area contributed by atoms with E-state index >= 15 is 0 Å². The van der Waals surface area contributed by atoms with Gasteiger partial charge in [0.15, 0.2) is 5.82 Å². The van der Waals surface area contributed by atoms with Gasteiger partial charge in [-0.25, -0.2) is 9.97 Å². The lowest BCUT2D eigenvalue weighted by Crippen LogP contribution is -2.36. The number of ether oxygens (including phenoxy) is 3. The van der Waals surface area contributed by atoms with E-state index in [1.807, 2.05) is 13.0 Å². The number of aromatic amines is 1. The second-order valence-corrected chi connectivity index (χ2v) is 12.2. The minimum Gasteiger partial charge on any atom is -0.382 e. The Labute approximate surface area is 253 Å². The molecule has 1 saturated heterocycles. The van der Waals surface area contributed by atoms with Crippen molar-refractivity contribution >= 4 is 34.9 Å². The number of H-pyrrole nitrogens is 1. The zero-order valence-corrected chi connectivity index (χ0v) is 25.2. The first-order valence-electron chi connectivity index (χ1n) is 13.9. The van der Waals surface area contributed by atoms with Gasteiger partial charge >= 0.3 is 0 Å². The van der Waals surface area contributed by atoms with E-state index < -0.39 is 0 Å². The molecule has 218 valence electrons. The summed E-state index contributed by atoms with van der Waals surface area (Å²) in [6.07, 6.45) is 1.78. The summed E-state index contributed by atoms with van der Waals surface area (Å²) in [7, 11) is 1.66. The van der Waals surface area contributed by atoms with Gasteiger partial charge in [0.05, 0.1) is 38.7 Å². The van der Waals surface area contributed by atoms with Crippen LogP contribution in [0, 0.1) is 6.92 Å². The van der Waals surface area contributed by atoms with Crippen LogP contribution in [0.1, 0.15) is 17.6 Å². The Morgan fingerprint density at radius 3 is 2.76 bits per heavy atom. The van der Waals surface area contributed by atoms with Gasteiger partial charge in [-0.05, 0) is 43.3 Å². The third-order valence-corrected chi connectivity index (χ3v) is 9.63. The van der Waals surface area contributed by atoms with Crippen molar-refractivity contribution in [2.45, 2.75) is 32.5 Å². The highest BCUT2D eigenvalue weighted by molar-refractivity contribution is 8.05. The first-order valence-corrected chi connectivity index (χ1v) is 15.5. The molecule has 2 N–H and O–H groups in total. The molecule has 2 aliphatic heterocycles. The van der Waals surface area contributed by atoms with Crippen LogP contribution in [0.4, 0.5) is 11.4 Å². The molecular weight excluding hydrogens is 571 g/mol. The number of hydrogen-bond acceptors (Lipinski definition) is 10. The van der Waals surface area contributed by atoms with E-state index in [1.54, 1.807) is 42.9 Å². The molecule has 2 aromatic carbocycles. The smallest absolute Gasteiger partial charge is 0.250 e. The monoisotopic (exact) mass is 603 g/mol.